The number of nitrogens with zero attached hydrogens (tertiary/aromatic N) is 1. The van der Waals surface area contributed by atoms with Gasteiger partial charge < -0.3 is 15.9 Å². The largest absolute Gasteiger partial charge is 0.477 e. The van der Waals surface area contributed by atoms with Crippen molar-refractivity contribution in [2.75, 3.05) is 12.3 Å². The first-order valence-corrected chi connectivity index (χ1v) is 7.33. The fourth-order valence-electron chi connectivity index (χ4n) is 2.00. The van der Waals surface area contributed by atoms with Gasteiger partial charge in [-0.3, -0.25) is 9.69 Å². The lowest BCUT2D eigenvalue weighted by molar-refractivity contribution is -0.156. The Morgan fingerprint density at radius 3 is 2.83 bits per heavy atom. The van der Waals surface area contributed by atoms with Crippen molar-refractivity contribution in [1.82, 2.24) is 4.90 Å². The van der Waals surface area contributed by atoms with Gasteiger partial charge in [-0.25, -0.2) is 4.79 Å². The molecule has 0 aromatic rings. The summed E-state index contributed by atoms with van der Waals surface area (Å²) in [6.07, 6.45) is -0.764. The average molecular weight is 290 g/mol. The van der Waals surface area contributed by atoms with Crippen LogP contribution in [0.3, 0.4) is 0 Å². The third-order valence-electron chi connectivity index (χ3n) is 2.82. The molecule has 6 nitrogen and oxygen atoms in total. The molecular formula is C10H14N2O4S2. The number of carboxylic acid groups (broad SMARTS) is 1. The van der Waals surface area contributed by atoms with E-state index in [1.165, 1.54) is 28.4 Å². The quantitative estimate of drug-likeness (QED) is 0.605. The first-order valence-electron chi connectivity index (χ1n) is 5.47. The van der Waals surface area contributed by atoms with Gasteiger partial charge in [0.1, 0.15) is 5.37 Å². The molecule has 8 heteroatoms. The van der Waals surface area contributed by atoms with E-state index in [2.05, 4.69) is 0 Å². The normalized spacial score (nSPS) is 28.2. The minimum atomic E-state index is -1.11. The summed E-state index contributed by atoms with van der Waals surface area (Å²) in [5.41, 5.74) is 5.43. The summed E-state index contributed by atoms with van der Waals surface area (Å²) in [7, 11) is 0. The Bertz CT molecular complexity index is 424. The van der Waals surface area contributed by atoms with E-state index in [1.807, 2.05) is 0 Å². The van der Waals surface area contributed by atoms with Gasteiger partial charge in [-0.15, -0.1) is 11.8 Å². The number of rotatable bonds is 5. The lowest BCUT2D eigenvalue weighted by Gasteiger charge is -2.43. The van der Waals surface area contributed by atoms with Crippen LogP contribution in [0.15, 0.2) is 9.93 Å². The monoisotopic (exact) mass is 290 g/mol. The molecule has 0 aliphatic carbocycles. The molecule has 0 bridgehead atoms. The summed E-state index contributed by atoms with van der Waals surface area (Å²) in [6.45, 7) is 1.99. The average Bonchev–Trinajstić information content (AvgIpc) is 2.60. The maximum Gasteiger partial charge on any atom is 0.354 e. The number of nitrogens with two attached hydrogens (primary N) is 1. The highest BCUT2D eigenvalue weighted by Crippen LogP contribution is 2.53. The Morgan fingerprint density at radius 2 is 2.33 bits per heavy atom. The van der Waals surface area contributed by atoms with Crippen LogP contribution in [0.1, 0.15) is 6.92 Å². The molecule has 18 heavy (non-hydrogen) atoms. The van der Waals surface area contributed by atoms with E-state index >= 15 is 0 Å². The number of hydrogen-bond donors (Lipinski definition) is 3. The van der Waals surface area contributed by atoms with E-state index in [4.69, 9.17) is 5.73 Å². The van der Waals surface area contributed by atoms with E-state index < -0.39 is 18.0 Å². The summed E-state index contributed by atoms with van der Waals surface area (Å²) in [5, 5.41) is 18.4. The fourth-order valence-corrected chi connectivity index (χ4v) is 4.77. The zero-order chi connectivity index (χ0) is 13.4. The first-order chi connectivity index (χ1) is 8.49. The second kappa shape index (κ2) is 5.12. The predicted octanol–water partition coefficient (Wildman–Crippen LogP) is -0.156. The number of hydrogen-bond acceptors (Lipinski definition) is 6. The van der Waals surface area contributed by atoms with Crippen LogP contribution in [0.25, 0.3) is 0 Å². The molecule has 1 amide bonds. The van der Waals surface area contributed by atoms with E-state index in [0.717, 1.165) is 0 Å². The molecule has 0 aromatic heterocycles. The van der Waals surface area contributed by atoms with Crippen LogP contribution >= 0.6 is 23.5 Å². The molecule has 1 saturated heterocycles. The van der Waals surface area contributed by atoms with E-state index in [0.29, 0.717) is 16.5 Å². The summed E-state index contributed by atoms with van der Waals surface area (Å²) >= 11 is 2.67. The first kappa shape index (κ1) is 13.7. The molecular weight excluding hydrogens is 276 g/mol. The van der Waals surface area contributed by atoms with Crippen molar-refractivity contribution in [2.45, 2.75) is 18.4 Å². The van der Waals surface area contributed by atoms with Gasteiger partial charge in [0.15, 0.2) is 5.70 Å². The summed E-state index contributed by atoms with van der Waals surface area (Å²) in [6, 6.07) is 0. The number of thioether (sulfide) groups is 2. The fraction of sp³-hybridized carbons (Fsp3) is 0.600. The van der Waals surface area contributed by atoms with Crippen molar-refractivity contribution in [3.63, 3.8) is 0 Å². The molecule has 2 rings (SSSR count). The summed E-state index contributed by atoms with van der Waals surface area (Å²) in [5.74, 6) is -1.33. The maximum atomic E-state index is 11.8. The molecule has 0 saturated carbocycles. The third kappa shape index (κ3) is 2.03. The molecule has 2 unspecified atom stereocenters. The Hall–Kier alpha value is -0.700. The van der Waals surface area contributed by atoms with E-state index in [-0.39, 0.29) is 17.0 Å². The molecule has 0 radical (unpaired) electrons. The van der Waals surface area contributed by atoms with Crippen molar-refractivity contribution in [2.24, 2.45) is 11.7 Å². The van der Waals surface area contributed by atoms with Crippen LogP contribution in [-0.4, -0.2) is 50.8 Å². The van der Waals surface area contributed by atoms with E-state index in [1.54, 1.807) is 6.92 Å². The van der Waals surface area contributed by atoms with Gasteiger partial charge in [-0.1, -0.05) is 11.8 Å². The third-order valence-corrected chi connectivity index (χ3v) is 5.51. The van der Waals surface area contributed by atoms with Crippen LogP contribution in [0.2, 0.25) is 0 Å². The summed E-state index contributed by atoms with van der Waals surface area (Å²) < 4.78 is 0.606. The predicted molar refractivity (Wildman–Crippen MR) is 69.6 cm³/mol. The zero-order valence-electron chi connectivity index (χ0n) is 9.70. The highest BCUT2D eigenvalue weighted by atomic mass is 32.2. The van der Waals surface area contributed by atoms with Crippen molar-refractivity contribution in [1.29, 1.82) is 0 Å². The highest BCUT2D eigenvalue weighted by molar-refractivity contribution is 8.22. The van der Waals surface area contributed by atoms with Gasteiger partial charge in [0.25, 0.3) is 0 Å². The van der Waals surface area contributed by atoms with Gasteiger partial charge in [0.05, 0.1) is 16.3 Å². The minimum absolute atomic E-state index is 0.0327. The van der Waals surface area contributed by atoms with Gasteiger partial charge in [-0.05, 0) is 6.92 Å². The number of fused-ring (bicyclic) bond motifs is 1. The standard InChI is InChI=1S/C10H14N2O4S2/c1-4(13)5-7(14)12-6(9(15)16)10(17-3-2-11)18-8(5)12/h4-5,8,13H,2-3,11H2,1H3,(H,15,16)/t4?,5?,8-/m0/s1. The molecule has 0 spiro atoms. The number of aliphatic hydroxyl groups is 1. The van der Waals surface area contributed by atoms with Crippen LogP contribution in [0.4, 0.5) is 0 Å². The second-order valence-corrected chi connectivity index (χ2v) is 6.55. The zero-order valence-corrected chi connectivity index (χ0v) is 11.3. The van der Waals surface area contributed by atoms with Crippen LogP contribution in [-0.2, 0) is 9.59 Å². The SMILES string of the molecule is CC(O)C1C(=O)N2C(C(=O)O)=C(SCCN)S[C@@H]12. The molecule has 100 valence electrons. The van der Waals surface area contributed by atoms with Crippen LogP contribution < -0.4 is 5.73 Å². The van der Waals surface area contributed by atoms with Crippen molar-refractivity contribution >= 4 is 35.4 Å². The van der Waals surface area contributed by atoms with Gasteiger partial charge in [-0.2, -0.15) is 0 Å². The number of carbonyl (C=O) groups is 2. The lowest BCUT2D eigenvalue weighted by atomic mass is 9.92. The number of carboxylic acids is 1. The molecule has 0 aromatic carbocycles. The molecule has 2 heterocycles. The lowest BCUT2D eigenvalue weighted by Crippen LogP contribution is -2.60. The van der Waals surface area contributed by atoms with Gasteiger partial charge >= 0.3 is 5.97 Å². The molecule has 2 aliphatic heterocycles. The van der Waals surface area contributed by atoms with Crippen molar-refractivity contribution in [3.8, 4) is 0 Å². The molecule has 4 N–H and O–H groups in total. The number of β-lactam (4-membered cyclic amide) rings is 1. The number of aliphatic carboxylic acids is 1. The number of carbonyl (C=O) groups excluding carboxylic acids is 1. The van der Waals surface area contributed by atoms with E-state index in [9.17, 15) is 19.8 Å². The maximum absolute atomic E-state index is 11.8. The summed E-state index contributed by atoms with van der Waals surface area (Å²) in [4.78, 5) is 24.3. The smallest absolute Gasteiger partial charge is 0.354 e. The number of amides is 1. The minimum Gasteiger partial charge on any atom is -0.477 e. The number of aliphatic hydroxyl groups excluding tert-OH is 1. The molecule has 1 fully saturated rings. The van der Waals surface area contributed by atoms with Gasteiger partial charge in [0.2, 0.25) is 5.91 Å². The molecule has 3 atom stereocenters. The highest BCUT2D eigenvalue weighted by Gasteiger charge is 2.57. The Balaban J connectivity index is 2.21. The second-order valence-electron chi connectivity index (χ2n) is 4.06. The Morgan fingerprint density at radius 1 is 1.67 bits per heavy atom. The van der Waals surface area contributed by atoms with Crippen molar-refractivity contribution < 1.29 is 19.8 Å². The van der Waals surface area contributed by atoms with Gasteiger partial charge in [0, 0.05) is 12.3 Å². The van der Waals surface area contributed by atoms with Crippen molar-refractivity contribution in [3.05, 3.63) is 9.93 Å². The topological polar surface area (TPSA) is 104 Å². The Kier molecular flexibility index (Phi) is 3.90. The Labute approximate surface area is 113 Å². The van der Waals surface area contributed by atoms with Crippen LogP contribution in [0, 0.1) is 5.92 Å². The van der Waals surface area contributed by atoms with Crippen LogP contribution in [0.5, 0.6) is 0 Å². The molecule has 2 aliphatic rings.